The Balaban J connectivity index is 2.88. The number of aliphatic imine (C=N–C) groups is 1. The van der Waals surface area contributed by atoms with Gasteiger partial charge in [0.2, 0.25) is 11.8 Å². The fraction of sp³-hybridized carbons (Fsp3) is 0.524. The van der Waals surface area contributed by atoms with Crippen LogP contribution in [0.25, 0.3) is 0 Å². The van der Waals surface area contributed by atoms with Crippen molar-refractivity contribution in [1.82, 2.24) is 10.6 Å². The highest BCUT2D eigenvalue weighted by Crippen LogP contribution is 2.08. The lowest BCUT2D eigenvalue weighted by Gasteiger charge is -2.23. The Hall–Kier alpha value is -3.14. The third kappa shape index (κ3) is 10.4. The van der Waals surface area contributed by atoms with Crippen molar-refractivity contribution in [3.63, 3.8) is 0 Å². The Bertz CT molecular complexity index is 749. The highest BCUT2D eigenvalue weighted by Gasteiger charge is 2.28. The minimum atomic E-state index is -1.18. The van der Waals surface area contributed by atoms with Gasteiger partial charge in [0.25, 0.3) is 0 Å². The third-order valence-electron chi connectivity index (χ3n) is 4.54. The summed E-state index contributed by atoms with van der Waals surface area (Å²) in [5.41, 5.74) is 17.3. The van der Waals surface area contributed by atoms with Crippen LogP contribution in [0.15, 0.2) is 35.3 Å². The van der Waals surface area contributed by atoms with E-state index in [9.17, 15) is 19.5 Å². The average Bonchev–Trinajstić information content (AvgIpc) is 2.69. The average molecular weight is 435 g/mol. The summed E-state index contributed by atoms with van der Waals surface area (Å²) in [6.45, 7) is 4.14. The van der Waals surface area contributed by atoms with Crippen LogP contribution in [0.4, 0.5) is 0 Å². The van der Waals surface area contributed by atoms with Crippen LogP contribution in [0.3, 0.4) is 0 Å². The molecule has 10 nitrogen and oxygen atoms in total. The summed E-state index contributed by atoms with van der Waals surface area (Å²) in [5, 5.41) is 14.6. The Kier molecular flexibility index (Phi) is 11.0. The van der Waals surface area contributed by atoms with Gasteiger partial charge in [-0.1, -0.05) is 44.2 Å². The molecule has 0 aliphatic rings. The first-order chi connectivity index (χ1) is 14.6. The Morgan fingerprint density at radius 2 is 1.65 bits per heavy atom. The monoisotopic (exact) mass is 434 g/mol. The van der Waals surface area contributed by atoms with Gasteiger partial charge in [0.05, 0.1) is 6.04 Å². The largest absolute Gasteiger partial charge is 0.480 e. The van der Waals surface area contributed by atoms with E-state index in [1.54, 1.807) is 0 Å². The summed E-state index contributed by atoms with van der Waals surface area (Å²) in [5.74, 6) is -2.10. The summed E-state index contributed by atoms with van der Waals surface area (Å²) in [4.78, 5) is 40.8. The Morgan fingerprint density at radius 3 is 2.19 bits per heavy atom. The smallest absolute Gasteiger partial charge is 0.326 e. The standard InChI is InChI=1S/C21H34N6O4/c1-13(2)11-15(22)18(28)27-17(12-14-7-4-3-5-8-14)19(29)26-16(20(30)31)9-6-10-25-21(23)24/h3-5,7-8,13,15-17H,6,9-12,22H2,1-2H3,(H,26,29)(H,27,28)(H,30,31)(H4,23,24,25)/t15-,16-,17-/m0/s1. The molecule has 0 bridgehead atoms. The molecule has 1 rings (SSSR count). The summed E-state index contributed by atoms with van der Waals surface area (Å²) >= 11 is 0. The van der Waals surface area contributed by atoms with E-state index in [1.807, 2.05) is 44.2 Å². The minimum absolute atomic E-state index is 0.0840. The summed E-state index contributed by atoms with van der Waals surface area (Å²) < 4.78 is 0. The fourth-order valence-corrected chi connectivity index (χ4v) is 2.99. The number of benzene rings is 1. The van der Waals surface area contributed by atoms with Crippen LogP contribution in [0, 0.1) is 5.92 Å². The normalized spacial score (nSPS) is 13.7. The molecule has 0 saturated carbocycles. The van der Waals surface area contributed by atoms with Gasteiger partial charge in [-0.15, -0.1) is 0 Å². The molecular weight excluding hydrogens is 400 g/mol. The van der Waals surface area contributed by atoms with Crippen molar-refractivity contribution in [2.45, 2.75) is 57.7 Å². The summed E-state index contributed by atoms with van der Waals surface area (Å²) in [7, 11) is 0. The molecule has 0 radical (unpaired) electrons. The lowest BCUT2D eigenvalue weighted by atomic mass is 10.0. The van der Waals surface area contributed by atoms with Crippen molar-refractivity contribution >= 4 is 23.7 Å². The van der Waals surface area contributed by atoms with E-state index in [-0.39, 0.29) is 31.3 Å². The Labute approximate surface area is 182 Å². The zero-order valence-corrected chi connectivity index (χ0v) is 18.1. The second-order valence-corrected chi connectivity index (χ2v) is 7.84. The molecule has 0 heterocycles. The maximum absolute atomic E-state index is 12.9. The predicted molar refractivity (Wildman–Crippen MR) is 119 cm³/mol. The van der Waals surface area contributed by atoms with E-state index in [0.717, 1.165) is 5.56 Å². The number of nitrogens with two attached hydrogens (primary N) is 3. The quantitative estimate of drug-likeness (QED) is 0.140. The maximum Gasteiger partial charge on any atom is 0.326 e. The maximum atomic E-state index is 12.9. The second kappa shape index (κ2) is 13.2. The third-order valence-corrected chi connectivity index (χ3v) is 4.54. The number of carboxylic acids is 1. The number of nitrogens with one attached hydrogen (secondary N) is 2. The molecule has 31 heavy (non-hydrogen) atoms. The molecule has 10 heteroatoms. The van der Waals surface area contributed by atoms with Gasteiger partial charge in [-0.05, 0) is 30.7 Å². The molecule has 172 valence electrons. The lowest BCUT2D eigenvalue weighted by Crippen LogP contribution is -2.55. The minimum Gasteiger partial charge on any atom is -0.480 e. The van der Waals surface area contributed by atoms with E-state index in [4.69, 9.17) is 17.2 Å². The molecule has 2 amide bonds. The molecule has 1 aromatic rings. The van der Waals surface area contributed by atoms with Crippen molar-refractivity contribution in [2.75, 3.05) is 6.54 Å². The van der Waals surface area contributed by atoms with Crippen molar-refractivity contribution in [3.05, 3.63) is 35.9 Å². The lowest BCUT2D eigenvalue weighted by molar-refractivity contribution is -0.142. The zero-order chi connectivity index (χ0) is 23.4. The number of guanidine groups is 1. The number of rotatable bonds is 13. The first-order valence-electron chi connectivity index (χ1n) is 10.3. The van der Waals surface area contributed by atoms with Gasteiger partial charge in [-0.2, -0.15) is 0 Å². The van der Waals surface area contributed by atoms with Crippen LogP contribution in [0.5, 0.6) is 0 Å². The molecule has 0 aromatic heterocycles. The van der Waals surface area contributed by atoms with Crippen molar-refractivity contribution < 1.29 is 19.5 Å². The number of carboxylic acid groups (broad SMARTS) is 1. The highest BCUT2D eigenvalue weighted by atomic mass is 16.4. The highest BCUT2D eigenvalue weighted by molar-refractivity contribution is 5.92. The molecule has 0 spiro atoms. The van der Waals surface area contributed by atoms with E-state index in [0.29, 0.717) is 12.8 Å². The molecule has 3 atom stereocenters. The van der Waals surface area contributed by atoms with E-state index >= 15 is 0 Å². The second-order valence-electron chi connectivity index (χ2n) is 7.84. The van der Waals surface area contributed by atoms with Gasteiger partial charge in [0, 0.05) is 13.0 Å². The number of carbonyl (C=O) groups excluding carboxylic acids is 2. The Morgan fingerprint density at radius 1 is 1.03 bits per heavy atom. The fourth-order valence-electron chi connectivity index (χ4n) is 2.99. The first-order valence-corrected chi connectivity index (χ1v) is 10.3. The van der Waals surface area contributed by atoms with Crippen LogP contribution in [-0.2, 0) is 20.8 Å². The van der Waals surface area contributed by atoms with Crippen molar-refractivity contribution in [1.29, 1.82) is 0 Å². The summed E-state index contributed by atoms with van der Waals surface area (Å²) in [6.07, 6.45) is 1.17. The molecular formula is C21H34N6O4. The number of hydrogen-bond acceptors (Lipinski definition) is 5. The molecule has 0 aliphatic carbocycles. The topological polar surface area (TPSA) is 186 Å². The van der Waals surface area contributed by atoms with Crippen molar-refractivity contribution in [2.24, 2.45) is 28.1 Å². The van der Waals surface area contributed by atoms with E-state index in [2.05, 4.69) is 15.6 Å². The van der Waals surface area contributed by atoms with Crippen LogP contribution < -0.4 is 27.8 Å². The molecule has 1 aromatic carbocycles. The molecule has 0 unspecified atom stereocenters. The SMILES string of the molecule is CC(C)C[C@H](N)C(=O)N[C@@H](Cc1ccccc1)C(=O)N[C@@H](CCCN=C(N)N)C(=O)O. The van der Waals surface area contributed by atoms with E-state index in [1.165, 1.54) is 0 Å². The molecule has 0 saturated heterocycles. The molecule has 9 N–H and O–H groups in total. The molecule has 0 aliphatic heterocycles. The zero-order valence-electron chi connectivity index (χ0n) is 18.1. The first kappa shape index (κ1) is 25.9. The van der Waals surface area contributed by atoms with E-state index < -0.39 is 35.9 Å². The van der Waals surface area contributed by atoms with Gasteiger partial charge in [0.15, 0.2) is 5.96 Å². The van der Waals surface area contributed by atoms with Crippen LogP contribution in [0.2, 0.25) is 0 Å². The van der Waals surface area contributed by atoms with Crippen LogP contribution >= 0.6 is 0 Å². The van der Waals surface area contributed by atoms with Crippen LogP contribution in [-0.4, -0.2) is 53.5 Å². The van der Waals surface area contributed by atoms with Crippen LogP contribution in [0.1, 0.15) is 38.7 Å². The number of hydrogen-bond donors (Lipinski definition) is 6. The van der Waals surface area contributed by atoms with Crippen molar-refractivity contribution in [3.8, 4) is 0 Å². The predicted octanol–water partition coefficient (Wildman–Crippen LogP) is -0.290. The van der Waals surface area contributed by atoms with Gasteiger partial charge >= 0.3 is 5.97 Å². The number of aliphatic carboxylic acids is 1. The van der Waals surface area contributed by atoms with Gasteiger partial charge in [-0.25, -0.2) is 4.79 Å². The van der Waals surface area contributed by atoms with Gasteiger partial charge in [0.1, 0.15) is 12.1 Å². The summed E-state index contributed by atoms with van der Waals surface area (Å²) in [6, 6.07) is 6.26. The molecule has 0 fully saturated rings. The number of amides is 2. The van der Waals surface area contributed by atoms with Gasteiger partial charge in [-0.3, -0.25) is 14.6 Å². The number of carbonyl (C=O) groups is 3. The van der Waals surface area contributed by atoms with Gasteiger partial charge < -0.3 is 32.9 Å². The number of nitrogens with zero attached hydrogens (tertiary/aromatic N) is 1.